The van der Waals surface area contributed by atoms with Gasteiger partial charge < -0.3 is 14.9 Å². The maximum atomic E-state index is 13.5. The quantitative estimate of drug-likeness (QED) is 0.842. The fourth-order valence-corrected chi connectivity index (χ4v) is 2.62. The molecule has 5 heteroatoms. The summed E-state index contributed by atoms with van der Waals surface area (Å²) in [7, 11) is 2.02. The van der Waals surface area contributed by atoms with Crippen LogP contribution in [0.1, 0.15) is 25.7 Å². The summed E-state index contributed by atoms with van der Waals surface area (Å²) in [5.74, 6) is -0.985. The molecule has 0 saturated heterocycles. The predicted octanol–water partition coefficient (Wildman–Crippen LogP) is 2.73. The Morgan fingerprint density at radius 2 is 2.10 bits per heavy atom. The summed E-state index contributed by atoms with van der Waals surface area (Å²) in [6.45, 7) is 2.61. The van der Waals surface area contributed by atoms with Crippen LogP contribution in [0.2, 0.25) is 0 Å². The number of unbranched alkanes of at least 4 members (excludes halogenated alkanes) is 1. The van der Waals surface area contributed by atoms with E-state index >= 15 is 0 Å². The highest BCUT2D eigenvalue weighted by Gasteiger charge is 2.18. The molecule has 0 fully saturated rings. The highest BCUT2D eigenvalue weighted by molar-refractivity contribution is 5.72. The Hall–Kier alpha value is -1.78. The van der Waals surface area contributed by atoms with Crippen LogP contribution in [0.5, 0.6) is 0 Å². The standard InChI is InChI=1S/C15H21FN2O2/c1-17-8-4-10-18(9-3-2-5-15(19)20)14-11-12(16)6-7-13(14)17/h6-7,11H,2-5,8-10H2,1H3,(H,19,20). The van der Waals surface area contributed by atoms with Crippen molar-refractivity contribution in [2.45, 2.75) is 25.7 Å². The van der Waals surface area contributed by atoms with Crippen molar-refractivity contribution >= 4 is 17.3 Å². The number of nitrogens with zero attached hydrogens (tertiary/aromatic N) is 2. The minimum atomic E-state index is -0.757. The fourth-order valence-electron chi connectivity index (χ4n) is 2.62. The average molecular weight is 280 g/mol. The van der Waals surface area contributed by atoms with Gasteiger partial charge in [-0.15, -0.1) is 0 Å². The number of carbonyl (C=O) groups is 1. The summed E-state index contributed by atoms with van der Waals surface area (Å²) < 4.78 is 13.5. The zero-order chi connectivity index (χ0) is 14.5. The largest absolute Gasteiger partial charge is 0.481 e. The predicted molar refractivity (Wildman–Crippen MR) is 78.0 cm³/mol. The summed E-state index contributed by atoms with van der Waals surface area (Å²) in [5, 5.41) is 8.65. The molecular formula is C15H21FN2O2. The first-order chi connectivity index (χ1) is 9.58. The average Bonchev–Trinajstić information content (AvgIpc) is 2.54. The summed E-state index contributed by atoms with van der Waals surface area (Å²) in [4.78, 5) is 14.8. The molecule has 0 aromatic heterocycles. The van der Waals surface area contributed by atoms with E-state index in [0.717, 1.165) is 43.9 Å². The molecule has 1 N–H and O–H groups in total. The molecule has 0 unspecified atom stereocenters. The lowest BCUT2D eigenvalue weighted by molar-refractivity contribution is -0.137. The van der Waals surface area contributed by atoms with Crippen LogP contribution in [-0.4, -0.2) is 37.8 Å². The van der Waals surface area contributed by atoms with Gasteiger partial charge in [-0.1, -0.05) is 0 Å². The first-order valence-corrected chi connectivity index (χ1v) is 7.05. The second-order valence-electron chi connectivity index (χ2n) is 5.25. The van der Waals surface area contributed by atoms with Crippen LogP contribution in [0.15, 0.2) is 18.2 Å². The summed E-state index contributed by atoms with van der Waals surface area (Å²) in [6, 6.07) is 4.89. The lowest BCUT2D eigenvalue weighted by Gasteiger charge is -2.26. The third kappa shape index (κ3) is 3.62. The molecule has 4 nitrogen and oxygen atoms in total. The van der Waals surface area contributed by atoms with Crippen molar-refractivity contribution in [1.82, 2.24) is 0 Å². The van der Waals surface area contributed by atoms with Crippen molar-refractivity contribution in [3.05, 3.63) is 24.0 Å². The van der Waals surface area contributed by atoms with Gasteiger partial charge in [-0.2, -0.15) is 0 Å². The molecule has 1 aromatic carbocycles. The normalized spacial score (nSPS) is 14.9. The van der Waals surface area contributed by atoms with Crippen molar-refractivity contribution in [2.75, 3.05) is 36.5 Å². The first kappa shape index (κ1) is 14.6. The molecule has 110 valence electrons. The number of hydrogen-bond donors (Lipinski definition) is 1. The van der Waals surface area contributed by atoms with Crippen molar-refractivity contribution in [3.8, 4) is 0 Å². The monoisotopic (exact) mass is 280 g/mol. The highest BCUT2D eigenvalue weighted by atomic mass is 19.1. The minimum Gasteiger partial charge on any atom is -0.481 e. The van der Waals surface area contributed by atoms with Crippen molar-refractivity contribution in [3.63, 3.8) is 0 Å². The zero-order valence-corrected chi connectivity index (χ0v) is 11.8. The first-order valence-electron chi connectivity index (χ1n) is 7.05. The van der Waals surface area contributed by atoms with Crippen LogP contribution < -0.4 is 9.80 Å². The van der Waals surface area contributed by atoms with Crippen molar-refractivity contribution in [1.29, 1.82) is 0 Å². The van der Waals surface area contributed by atoms with Crippen LogP contribution in [0.3, 0.4) is 0 Å². The van der Waals surface area contributed by atoms with Crippen LogP contribution in [-0.2, 0) is 4.79 Å². The maximum absolute atomic E-state index is 13.5. The number of carboxylic acid groups (broad SMARTS) is 1. The van der Waals surface area contributed by atoms with E-state index in [2.05, 4.69) is 9.80 Å². The van der Waals surface area contributed by atoms with Gasteiger partial charge >= 0.3 is 5.97 Å². The van der Waals surface area contributed by atoms with E-state index in [9.17, 15) is 9.18 Å². The van der Waals surface area contributed by atoms with E-state index in [1.807, 2.05) is 13.1 Å². The highest BCUT2D eigenvalue weighted by Crippen LogP contribution is 2.32. The van der Waals surface area contributed by atoms with Gasteiger partial charge in [-0.05, 0) is 37.5 Å². The molecule has 0 radical (unpaired) electrons. The Kier molecular flexibility index (Phi) is 4.82. The Morgan fingerprint density at radius 1 is 1.30 bits per heavy atom. The zero-order valence-electron chi connectivity index (χ0n) is 11.8. The van der Waals surface area contributed by atoms with E-state index in [4.69, 9.17) is 5.11 Å². The Bertz CT molecular complexity index is 479. The summed E-state index contributed by atoms with van der Waals surface area (Å²) in [6.07, 6.45) is 2.69. The molecule has 0 saturated carbocycles. The number of carboxylic acids is 1. The fraction of sp³-hybridized carbons (Fsp3) is 0.533. The van der Waals surface area contributed by atoms with E-state index in [0.29, 0.717) is 6.42 Å². The molecule has 0 bridgehead atoms. The molecule has 0 aliphatic carbocycles. The molecule has 1 aliphatic rings. The van der Waals surface area contributed by atoms with Gasteiger partial charge in [-0.25, -0.2) is 4.39 Å². The van der Waals surface area contributed by atoms with E-state index in [1.54, 1.807) is 6.07 Å². The van der Waals surface area contributed by atoms with Gasteiger partial charge in [0.1, 0.15) is 5.82 Å². The van der Waals surface area contributed by atoms with Crippen LogP contribution in [0.25, 0.3) is 0 Å². The number of benzene rings is 1. The lowest BCUT2D eigenvalue weighted by Crippen LogP contribution is -2.25. The number of anilines is 2. The maximum Gasteiger partial charge on any atom is 0.303 e. The second-order valence-corrected chi connectivity index (χ2v) is 5.25. The Morgan fingerprint density at radius 3 is 2.85 bits per heavy atom. The van der Waals surface area contributed by atoms with E-state index < -0.39 is 5.97 Å². The smallest absolute Gasteiger partial charge is 0.303 e. The van der Waals surface area contributed by atoms with Gasteiger partial charge in [0.25, 0.3) is 0 Å². The molecule has 1 aliphatic heterocycles. The van der Waals surface area contributed by atoms with Gasteiger partial charge in [0.05, 0.1) is 11.4 Å². The number of fused-ring (bicyclic) bond motifs is 1. The number of rotatable bonds is 5. The van der Waals surface area contributed by atoms with Gasteiger partial charge in [-0.3, -0.25) is 4.79 Å². The summed E-state index contributed by atoms with van der Waals surface area (Å²) >= 11 is 0. The molecule has 20 heavy (non-hydrogen) atoms. The van der Waals surface area contributed by atoms with Gasteiger partial charge in [0, 0.05) is 33.1 Å². The van der Waals surface area contributed by atoms with Crippen LogP contribution in [0.4, 0.5) is 15.8 Å². The number of halogens is 1. The number of hydrogen-bond acceptors (Lipinski definition) is 3. The second kappa shape index (κ2) is 6.59. The van der Waals surface area contributed by atoms with Gasteiger partial charge in [0.2, 0.25) is 0 Å². The molecule has 0 spiro atoms. The van der Waals surface area contributed by atoms with E-state index in [-0.39, 0.29) is 12.2 Å². The SMILES string of the molecule is CN1CCCN(CCCCC(=O)O)c2cc(F)ccc21. The summed E-state index contributed by atoms with van der Waals surface area (Å²) in [5.41, 5.74) is 1.96. The topological polar surface area (TPSA) is 43.8 Å². The lowest BCUT2D eigenvalue weighted by atomic mass is 10.2. The molecular weight excluding hydrogens is 259 g/mol. The van der Waals surface area contributed by atoms with Gasteiger partial charge in [0.15, 0.2) is 0 Å². The molecule has 2 rings (SSSR count). The van der Waals surface area contributed by atoms with Crippen LogP contribution in [0, 0.1) is 5.82 Å². The number of aliphatic carboxylic acids is 1. The van der Waals surface area contributed by atoms with Crippen LogP contribution >= 0.6 is 0 Å². The third-order valence-electron chi connectivity index (χ3n) is 3.68. The minimum absolute atomic E-state index is 0.198. The third-order valence-corrected chi connectivity index (χ3v) is 3.68. The Balaban J connectivity index is 2.07. The molecule has 0 amide bonds. The molecule has 0 atom stereocenters. The molecule has 1 aromatic rings. The van der Waals surface area contributed by atoms with E-state index in [1.165, 1.54) is 6.07 Å². The molecule has 1 heterocycles. The Labute approximate surface area is 118 Å². The van der Waals surface area contributed by atoms with Crippen molar-refractivity contribution < 1.29 is 14.3 Å². The van der Waals surface area contributed by atoms with Crippen molar-refractivity contribution in [2.24, 2.45) is 0 Å².